The minimum absolute atomic E-state index is 0.0573. The van der Waals surface area contributed by atoms with Gasteiger partial charge in [0.2, 0.25) is 0 Å². The summed E-state index contributed by atoms with van der Waals surface area (Å²) in [7, 11) is 0. The number of rotatable bonds is 7. The van der Waals surface area contributed by atoms with Gasteiger partial charge < -0.3 is 15.4 Å². The zero-order valence-corrected chi connectivity index (χ0v) is 18.5. The minimum Gasteiger partial charge on any atom is -0.455 e. The lowest BCUT2D eigenvalue weighted by molar-refractivity contribution is 0.0175. The number of anilines is 2. The first-order valence-corrected chi connectivity index (χ1v) is 11.2. The predicted octanol–water partition coefficient (Wildman–Crippen LogP) is 2.56. The lowest BCUT2D eigenvalue weighted by Crippen LogP contribution is -2.49. The Labute approximate surface area is 193 Å². The van der Waals surface area contributed by atoms with Crippen molar-refractivity contribution in [3.8, 4) is 11.5 Å². The normalized spacial score (nSPS) is 13.4. The van der Waals surface area contributed by atoms with E-state index < -0.39 is 0 Å². The van der Waals surface area contributed by atoms with E-state index in [9.17, 15) is 4.79 Å². The van der Waals surface area contributed by atoms with Crippen LogP contribution in [-0.4, -0.2) is 55.1 Å². The molecule has 33 heavy (non-hydrogen) atoms. The highest BCUT2D eigenvalue weighted by Gasteiger charge is 2.23. The van der Waals surface area contributed by atoms with E-state index in [1.165, 1.54) is 17.5 Å². The van der Waals surface area contributed by atoms with Crippen molar-refractivity contribution >= 4 is 28.9 Å². The number of aromatic nitrogens is 6. The number of pyridine rings is 1. The van der Waals surface area contributed by atoms with Crippen LogP contribution < -0.4 is 10.6 Å². The molecule has 11 heteroatoms. The Morgan fingerprint density at radius 2 is 1.91 bits per heavy atom. The van der Waals surface area contributed by atoms with Crippen molar-refractivity contribution in [3.05, 3.63) is 70.3 Å². The highest BCUT2D eigenvalue weighted by molar-refractivity contribution is 7.13. The zero-order valence-electron chi connectivity index (χ0n) is 17.7. The van der Waals surface area contributed by atoms with E-state index in [4.69, 9.17) is 4.74 Å². The second kappa shape index (κ2) is 9.35. The summed E-state index contributed by atoms with van der Waals surface area (Å²) in [4.78, 5) is 39.2. The molecule has 10 nitrogen and oxygen atoms in total. The molecule has 0 aliphatic carbocycles. The van der Waals surface area contributed by atoms with Gasteiger partial charge in [-0.1, -0.05) is 6.07 Å². The minimum atomic E-state index is -0.343. The molecule has 5 rings (SSSR count). The number of carbonyl (C=O) groups excluding carboxylic acids is 1. The average molecular weight is 461 g/mol. The van der Waals surface area contributed by atoms with Gasteiger partial charge in [0.25, 0.3) is 0 Å². The molecule has 1 fully saturated rings. The fraction of sp³-hybridized carbons (Fsp3) is 0.227. The molecule has 0 unspecified atom stereocenters. The summed E-state index contributed by atoms with van der Waals surface area (Å²) in [5, 5.41) is 6.99. The Hall–Kier alpha value is -3.83. The summed E-state index contributed by atoms with van der Waals surface area (Å²) < 4.78 is 5.38. The van der Waals surface area contributed by atoms with Gasteiger partial charge in [-0.3, -0.25) is 0 Å². The molecular weight excluding hydrogens is 440 g/mol. The van der Waals surface area contributed by atoms with E-state index in [2.05, 4.69) is 40.5 Å². The number of nitrogens with zero attached hydrogens (tertiary/aromatic N) is 6. The third kappa shape index (κ3) is 5.16. The van der Waals surface area contributed by atoms with Crippen molar-refractivity contribution in [3.63, 3.8) is 0 Å². The third-order valence-corrected chi connectivity index (χ3v) is 5.79. The van der Waals surface area contributed by atoms with Crippen LogP contribution in [0, 0.1) is 6.92 Å². The van der Waals surface area contributed by atoms with Crippen molar-refractivity contribution < 1.29 is 9.53 Å². The summed E-state index contributed by atoms with van der Waals surface area (Å²) in [5.41, 5.74) is 1.60. The summed E-state index contributed by atoms with van der Waals surface area (Å²) in [6, 6.07) is 9.24. The van der Waals surface area contributed by atoms with Crippen molar-refractivity contribution in [1.82, 2.24) is 35.2 Å². The van der Waals surface area contributed by atoms with Crippen LogP contribution in [0.5, 0.6) is 0 Å². The maximum absolute atomic E-state index is 12.2. The van der Waals surface area contributed by atoms with Crippen LogP contribution in [0.15, 0.2) is 48.9 Å². The van der Waals surface area contributed by atoms with E-state index in [0.29, 0.717) is 53.4 Å². The molecule has 0 saturated carbocycles. The maximum atomic E-state index is 12.2. The lowest BCUT2D eigenvalue weighted by Gasteiger charge is -2.26. The highest BCUT2D eigenvalue weighted by Crippen LogP contribution is 2.20. The van der Waals surface area contributed by atoms with Crippen molar-refractivity contribution in [2.45, 2.75) is 19.4 Å². The monoisotopic (exact) mass is 460 g/mol. The molecule has 1 aliphatic heterocycles. The lowest BCUT2D eigenvalue weighted by atomic mass is 10.2. The van der Waals surface area contributed by atoms with Gasteiger partial charge in [0, 0.05) is 31.2 Å². The van der Waals surface area contributed by atoms with Crippen LogP contribution in [0.1, 0.15) is 26.2 Å². The quantitative estimate of drug-likeness (QED) is 0.397. The Balaban J connectivity index is 1.26. The molecule has 0 bridgehead atoms. The van der Waals surface area contributed by atoms with Gasteiger partial charge >= 0.3 is 5.97 Å². The number of esters is 1. The zero-order chi connectivity index (χ0) is 22.6. The summed E-state index contributed by atoms with van der Waals surface area (Å²) in [6.07, 6.45) is 5.23. The molecule has 5 heterocycles. The van der Waals surface area contributed by atoms with Crippen LogP contribution in [0.25, 0.3) is 11.5 Å². The van der Waals surface area contributed by atoms with Crippen LogP contribution in [0.3, 0.4) is 0 Å². The van der Waals surface area contributed by atoms with Crippen LogP contribution in [0.2, 0.25) is 0 Å². The molecule has 1 saturated heterocycles. The standard InChI is InChI=1S/C22H20N8O2S/c1-13-3-2-4-15(27-13)21-25-8-6-18(30-21)28-17-5-7-24-19(29-17)9-20-26-12-16(33-20)22(31)32-14-10-23-11-14/h2-8,12,14,23H,9-11H2,1H3,(H,24,25,28,29,30). The fourth-order valence-electron chi connectivity index (χ4n) is 3.08. The topological polar surface area (TPSA) is 128 Å². The smallest absolute Gasteiger partial charge is 0.350 e. The number of ether oxygens (including phenoxy) is 1. The molecule has 0 radical (unpaired) electrons. The van der Waals surface area contributed by atoms with Gasteiger partial charge in [0.05, 0.1) is 12.6 Å². The molecule has 166 valence electrons. The predicted molar refractivity (Wildman–Crippen MR) is 122 cm³/mol. The van der Waals surface area contributed by atoms with Gasteiger partial charge in [0.1, 0.15) is 39.1 Å². The molecule has 4 aromatic rings. The molecule has 0 aromatic carbocycles. The molecule has 1 aliphatic rings. The number of hydrogen-bond acceptors (Lipinski definition) is 11. The van der Waals surface area contributed by atoms with Crippen molar-refractivity contribution in [2.24, 2.45) is 0 Å². The summed E-state index contributed by atoms with van der Waals surface area (Å²) in [5.74, 6) is 1.95. The van der Waals surface area contributed by atoms with Crippen molar-refractivity contribution in [2.75, 3.05) is 18.4 Å². The first kappa shape index (κ1) is 21.0. The largest absolute Gasteiger partial charge is 0.455 e. The van der Waals surface area contributed by atoms with E-state index in [0.717, 1.165) is 10.7 Å². The average Bonchev–Trinajstić information content (AvgIpc) is 3.25. The molecule has 2 N–H and O–H groups in total. The van der Waals surface area contributed by atoms with Gasteiger partial charge in [-0.2, -0.15) is 0 Å². The molecule has 0 amide bonds. The van der Waals surface area contributed by atoms with Crippen molar-refractivity contribution in [1.29, 1.82) is 0 Å². The second-order valence-corrected chi connectivity index (χ2v) is 8.51. The Morgan fingerprint density at radius 1 is 1.09 bits per heavy atom. The van der Waals surface area contributed by atoms with Gasteiger partial charge in [-0.05, 0) is 31.2 Å². The van der Waals surface area contributed by atoms with E-state index in [1.807, 2.05) is 25.1 Å². The van der Waals surface area contributed by atoms with Crippen LogP contribution >= 0.6 is 11.3 Å². The fourth-order valence-corrected chi connectivity index (χ4v) is 3.88. The van der Waals surface area contributed by atoms with Gasteiger partial charge in [0.15, 0.2) is 5.82 Å². The number of hydrogen-bond donors (Lipinski definition) is 2. The third-order valence-electron chi connectivity index (χ3n) is 4.82. The Bertz CT molecular complexity index is 1290. The van der Waals surface area contributed by atoms with Crippen LogP contribution in [-0.2, 0) is 11.2 Å². The molecular formula is C22H20N8O2S. The first-order chi connectivity index (χ1) is 16.1. The molecule has 0 spiro atoms. The van der Waals surface area contributed by atoms with Gasteiger partial charge in [-0.25, -0.2) is 34.7 Å². The number of nitrogens with one attached hydrogen (secondary N) is 2. The number of carbonyl (C=O) groups is 1. The highest BCUT2D eigenvalue weighted by atomic mass is 32.1. The Morgan fingerprint density at radius 3 is 2.70 bits per heavy atom. The number of aryl methyl sites for hydroxylation is 1. The van der Waals surface area contributed by atoms with Crippen LogP contribution in [0.4, 0.5) is 11.6 Å². The number of thiazole rings is 1. The van der Waals surface area contributed by atoms with E-state index in [1.54, 1.807) is 24.5 Å². The van der Waals surface area contributed by atoms with Gasteiger partial charge in [-0.15, -0.1) is 11.3 Å². The first-order valence-electron chi connectivity index (χ1n) is 10.3. The summed E-state index contributed by atoms with van der Waals surface area (Å²) >= 11 is 1.29. The second-order valence-electron chi connectivity index (χ2n) is 7.39. The SMILES string of the molecule is Cc1cccc(-c2nccc(Nc3ccnc(Cc4ncc(C(=O)OC5CNC5)s4)n3)n2)n1. The van der Waals surface area contributed by atoms with E-state index >= 15 is 0 Å². The van der Waals surface area contributed by atoms with E-state index in [-0.39, 0.29) is 12.1 Å². The maximum Gasteiger partial charge on any atom is 0.350 e. The molecule has 0 atom stereocenters. The molecule has 4 aromatic heterocycles. The summed E-state index contributed by atoms with van der Waals surface area (Å²) in [6.45, 7) is 3.31. The Kier molecular flexibility index (Phi) is 5.96.